The molecule has 0 saturated carbocycles. The van der Waals surface area contributed by atoms with Crippen LogP contribution in [0.2, 0.25) is 5.02 Å². The van der Waals surface area contributed by atoms with E-state index < -0.39 is 5.82 Å². The first kappa shape index (κ1) is 12.6. The van der Waals surface area contributed by atoms with Crippen LogP contribution in [0.5, 0.6) is 11.5 Å². The van der Waals surface area contributed by atoms with Gasteiger partial charge in [-0.05, 0) is 43.3 Å². The number of halogens is 2. The van der Waals surface area contributed by atoms with Crippen LogP contribution in [0, 0.1) is 5.82 Å². The molecule has 0 atom stereocenters. The molecule has 0 aliphatic carbocycles. The Kier molecular flexibility index (Phi) is 3.63. The number of Topliss-reactive ketones (excluding diaryl/α,β-unsaturated/α-hetero) is 1. The summed E-state index contributed by atoms with van der Waals surface area (Å²) in [5, 5.41) is 0.527. The quantitative estimate of drug-likeness (QED) is 0.765. The van der Waals surface area contributed by atoms with E-state index in [0.29, 0.717) is 16.5 Å². The molecule has 4 heteroatoms. The van der Waals surface area contributed by atoms with Gasteiger partial charge in [0.25, 0.3) is 0 Å². The lowest BCUT2D eigenvalue weighted by atomic mass is 10.1. The minimum Gasteiger partial charge on any atom is -0.457 e. The number of benzene rings is 2. The Labute approximate surface area is 109 Å². The molecule has 0 heterocycles. The molecule has 2 rings (SSSR count). The van der Waals surface area contributed by atoms with Gasteiger partial charge in [-0.25, -0.2) is 4.39 Å². The summed E-state index contributed by atoms with van der Waals surface area (Å²) in [7, 11) is 0. The van der Waals surface area contributed by atoms with Gasteiger partial charge in [-0.1, -0.05) is 17.7 Å². The molecule has 0 spiro atoms. The Morgan fingerprint density at radius 2 is 2.00 bits per heavy atom. The standard InChI is InChI=1S/C14H10ClFO2/c1-9(17)13-8-11(16)5-6-14(13)18-12-4-2-3-10(15)7-12/h2-8H,1H3. The summed E-state index contributed by atoms with van der Waals surface area (Å²) in [6.45, 7) is 1.36. The topological polar surface area (TPSA) is 26.3 Å². The van der Waals surface area contributed by atoms with Gasteiger partial charge in [0.2, 0.25) is 0 Å². The lowest BCUT2D eigenvalue weighted by Gasteiger charge is -2.09. The largest absolute Gasteiger partial charge is 0.457 e. The van der Waals surface area contributed by atoms with Gasteiger partial charge in [-0.2, -0.15) is 0 Å². The van der Waals surface area contributed by atoms with E-state index in [1.165, 1.54) is 19.1 Å². The number of rotatable bonds is 3. The van der Waals surface area contributed by atoms with Gasteiger partial charge < -0.3 is 4.74 Å². The van der Waals surface area contributed by atoms with Crippen LogP contribution in [-0.2, 0) is 0 Å². The normalized spacial score (nSPS) is 10.2. The summed E-state index contributed by atoms with van der Waals surface area (Å²) in [6.07, 6.45) is 0. The number of carbonyl (C=O) groups is 1. The minimum atomic E-state index is -0.473. The molecule has 92 valence electrons. The van der Waals surface area contributed by atoms with Crippen molar-refractivity contribution in [3.63, 3.8) is 0 Å². The minimum absolute atomic E-state index is 0.204. The molecular formula is C14H10ClFO2. The molecule has 0 N–H and O–H groups in total. The monoisotopic (exact) mass is 264 g/mol. The van der Waals surface area contributed by atoms with Crippen LogP contribution in [0.15, 0.2) is 42.5 Å². The fraction of sp³-hybridized carbons (Fsp3) is 0.0714. The highest BCUT2D eigenvalue weighted by atomic mass is 35.5. The Morgan fingerprint density at radius 3 is 2.67 bits per heavy atom. The van der Waals surface area contributed by atoms with Crippen LogP contribution in [0.3, 0.4) is 0 Å². The predicted molar refractivity (Wildman–Crippen MR) is 67.9 cm³/mol. The summed E-state index contributed by atoms with van der Waals surface area (Å²) in [5.74, 6) is 0.0768. The third kappa shape index (κ3) is 2.87. The lowest BCUT2D eigenvalue weighted by Crippen LogP contribution is -1.98. The number of hydrogen-bond acceptors (Lipinski definition) is 2. The van der Waals surface area contributed by atoms with Crippen molar-refractivity contribution in [2.75, 3.05) is 0 Å². The maximum atomic E-state index is 13.1. The molecule has 2 aromatic carbocycles. The number of ketones is 1. The average molecular weight is 265 g/mol. The smallest absolute Gasteiger partial charge is 0.163 e. The molecular weight excluding hydrogens is 255 g/mol. The Hall–Kier alpha value is -1.87. The molecule has 0 unspecified atom stereocenters. The SMILES string of the molecule is CC(=O)c1cc(F)ccc1Oc1cccc(Cl)c1. The van der Waals surface area contributed by atoms with Crippen LogP contribution < -0.4 is 4.74 Å². The Bertz CT molecular complexity index is 596. The highest BCUT2D eigenvalue weighted by Crippen LogP contribution is 2.28. The number of carbonyl (C=O) groups excluding carboxylic acids is 1. The second-order valence-corrected chi connectivity index (χ2v) is 4.19. The van der Waals surface area contributed by atoms with E-state index in [-0.39, 0.29) is 11.3 Å². The molecule has 0 aliphatic rings. The van der Waals surface area contributed by atoms with Gasteiger partial charge in [0.15, 0.2) is 5.78 Å². The predicted octanol–water partition coefficient (Wildman–Crippen LogP) is 4.47. The van der Waals surface area contributed by atoms with Crippen molar-refractivity contribution < 1.29 is 13.9 Å². The summed E-state index contributed by atoms with van der Waals surface area (Å²) in [4.78, 5) is 11.4. The summed E-state index contributed by atoms with van der Waals surface area (Å²) in [5.41, 5.74) is 0.204. The van der Waals surface area contributed by atoms with Crippen molar-refractivity contribution in [1.29, 1.82) is 0 Å². The van der Waals surface area contributed by atoms with E-state index in [2.05, 4.69) is 0 Å². The summed E-state index contributed by atoms with van der Waals surface area (Å²) >= 11 is 5.83. The van der Waals surface area contributed by atoms with Crippen molar-refractivity contribution in [3.8, 4) is 11.5 Å². The third-order valence-electron chi connectivity index (χ3n) is 2.34. The molecule has 0 radical (unpaired) electrons. The zero-order valence-corrected chi connectivity index (χ0v) is 10.4. The molecule has 0 fully saturated rings. The van der Waals surface area contributed by atoms with Crippen LogP contribution in [-0.4, -0.2) is 5.78 Å². The molecule has 0 bridgehead atoms. The maximum Gasteiger partial charge on any atom is 0.163 e. The number of ether oxygens (including phenoxy) is 1. The third-order valence-corrected chi connectivity index (χ3v) is 2.58. The average Bonchev–Trinajstić information content (AvgIpc) is 2.31. The van der Waals surface area contributed by atoms with Crippen molar-refractivity contribution in [2.24, 2.45) is 0 Å². The van der Waals surface area contributed by atoms with Gasteiger partial charge >= 0.3 is 0 Å². The zero-order chi connectivity index (χ0) is 13.1. The first-order valence-electron chi connectivity index (χ1n) is 5.30. The summed E-state index contributed by atoms with van der Waals surface area (Å²) < 4.78 is 18.6. The van der Waals surface area contributed by atoms with Crippen LogP contribution >= 0.6 is 11.6 Å². The molecule has 2 aromatic rings. The molecule has 2 nitrogen and oxygen atoms in total. The van der Waals surface area contributed by atoms with Gasteiger partial charge in [-0.15, -0.1) is 0 Å². The Morgan fingerprint density at radius 1 is 1.22 bits per heavy atom. The Balaban J connectivity index is 2.37. The molecule has 0 amide bonds. The van der Waals surface area contributed by atoms with Crippen molar-refractivity contribution in [1.82, 2.24) is 0 Å². The second kappa shape index (κ2) is 5.19. The zero-order valence-electron chi connectivity index (χ0n) is 9.61. The fourth-order valence-corrected chi connectivity index (χ4v) is 1.70. The summed E-state index contributed by atoms with van der Waals surface area (Å²) in [6, 6.07) is 10.6. The fourth-order valence-electron chi connectivity index (χ4n) is 1.52. The number of hydrogen-bond donors (Lipinski definition) is 0. The molecule has 0 aliphatic heterocycles. The van der Waals surface area contributed by atoms with E-state index in [0.717, 1.165) is 6.07 Å². The van der Waals surface area contributed by atoms with Crippen LogP contribution in [0.4, 0.5) is 4.39 Å². The second-order valence-electron chi connectivity index (χ2n) is 3.76. The highest BCUT2D eigenvalue weighted by molar-refractivity contribution is 6.30. The van der Waals surface area contributed by atoms with Gasteiger partial charge in [0.05, 0.1) is 5.56 Å². The maximum absolute atomic E-state index is 13.1. The van der Waals surface area contributed by atoms with E-state index >= 15 is 0 Å². The van der Waals surface area contributed by atoms with E-state index in [1.807, 2.05) is 0 Å². The van der Waals surface area contributed by atoms with Crippen LogP contribution in [0.1, 0.15) is 17.3 Å². The van der Waals surface area contributed by atoms with Gasteiger partial charge in [-0.3, -0.25) is 4.79 Å². The van der Waals surface area contributed by atoms with Crippen molar-refractivity contribution >= 4 is 17.4 Å². The first-order chi connectivity index (χ1) is 8.56. The van der Waals surface area contributed by atoms with Gasteiger partial charge in [0.1, 0.15) is 17.3 Å². The van der Waals surface area contributed by atoms with Crippen molar-refractivity contribution in [3.05, 3.63) is 58.9 Å². The van der Waals surface area contributed by atoms with E-state index in [9.17, 15) is 9.18 Å². The lowest BCUT2D eigenvalue weighted by molar-refractivity contribution is 0.101. The molecule has 18 heavy (non-hydrogen) atoms. The first-order valence-corrected chi connectivity index (χ1v) is 5.68. The molecule has 0 saturated heterocycles. The van der Waals surface area contributed by atoms with E-state index in [4.69, 9.17) is 16.3 Å². The van der Waals surface area contributed by atoms with Crippen LogP contribution in [0.25, 0.3) is 0 Å². The van der Waals surface area contributed by atoms with E-state index in [1.54, 1.807) is 24.3 Å². The highest BCUT2D eigenvalue weighted by Gasteiger charge is 2.10. The van der Waals surface area contributed by atoms with Gasteiger partial charge in [0, 0.05) is 5.02 Å². The molecule has 0 aromatic heterocycles. The van der Waals surface area contributed by atoms with Crippen molar-refractivity contribution in [2.45, 2.75) is 6.92 Å².